The van der Waals surface area contributed by atoms with E-state index in [1.54, 1.807) is 0 Å². The van der Waals surface area contributed by atoms with Crippen LogP contribution in [0.1, 0.15) is 60.8 Å². The summed E-state index contributed by atoms with van der Waals surface area (Å²) < 4.78 is 0. The molecular weight excluding hydrogens is 182 g/mol. The summed E-state index contributed by atoms with van der Waals surface area (Å²) in [6.07, 6.45) is 7.84. The number of allylic oxidation sites excluding steroid dienone is 2. The second-order valence-corrected chi connectivity index (χ2v) is 4.12. The molecule has 0 aromatic heterocycles. The molecule has 1 heteroatoms. The van der Waals surface area contributed by atoms with Gasteiger partial charge in [-0.15, -0.1) is 0 Å². The van der Waals surface area contributed by atoms with E-state index in [-0.39, 0.29) is 0 Å². The van der Waals surface area contributed by atoms with Gasteiger partial charge in [0.15, 0.2) is 0 Å². The van der Waals surface area contributed by atoms with Crippen molar-refractivity contribution < 1.29 is 0 Å². The van der Waals surface area contributed by atoms with Gasteiger partial charge in [0.1, 0.15) is 0 Å². The fourth-order valence-electron chi connectivity index (χ4n) is 1.20. The zero-order chi connectivity index (χ0) is 12.3. The summed E-state index contributed by atoms with van der Waals surface area (Å²) in [5.41, 5.74) is 1.10. The van der Waals surface area contributed by atoms with Crippen LogP contribution in [0.25, 0.3) is 0 Å². The molecule has 90 valence electrons. The van der Waals surface area contributed by atoms with E-state index in [1.807, 2.05) is 26.8 Å². The van der Waals surface area contributed by atoms with Crippen LogP contribution in [0.2, 0.25) is 0 Å². The molecule has 1 aliphatic rings. The molecule has 0 radical (unpaired) electrons. The lowest BCUT2D eigenvalue weighted by molar-refractivity contribution is 0.346. The maximum atomic E-state index is 6.90. The summed E-state index contributed by atoms with van der Waals surface area (Å²) in [4.78, 5) is 0. The van der Waals surface area contributed by atoms with E-state index in [2.05, 4.69) is 20.8 Å². The summed E-state index contributed by atoms with van der Waals surface area (Å²) in [6, 6.07) is 0. The monoisotopic (exact) mass is 211 g/mol. The second-order valence-electron chi connectivity index (χ2n) is 4.12. The van der Waals surface area contributed by atoms with Crippen molar-refractivity contribution in [3.05, 3.63) is 11.6 Å². The Bertz CT molecular complexity index is 164. The summed E-state index contributed by atoms with van der Waals surface area (Å²) in [5, 5.41) is 6.90. The van der Waals surface area contributed by atoms with E-state index in [0.717, 1.165) is 11.5 Å². The van der Waals surface area contributed by atoms with Crippen molar-refractivity contribution in [1.82, 2.24) is 0 Å². The van der Waals surface area contributed by atoms with Crippen LogP contribution in [-0.2, 0) is 0 Å². The standard InChI is InChI=1S/C7H13N.C5H10.C2H6/c1-4-7(5-8)6(2)3;1-5-3-2-4-5;1-2/h4-6,8H,1-3H3;5H,2-4H2,1H3;1-2H3/b7-4+,8-5?;;. The van der Waals surface area contributed by atoms with Crippen LogP contribution in [-0.4, -0.2) is 6.21 Å². The second kappa shape index (κ2) is 11.5. The van der Waals surface area contributed by atoms with Gasteiger partial charge in [0, 0.05) is 6.21 Å². The molecule has 0 unspecified atom stereocenters. The molecule has 0 saturated heterocycles. The summed E-state index contributed by atoms with van der Waals surface area (Å²) in [6.45, 7) is 12.4. The molecule has 0 heterocycles. The minimum absolute atomic E-state index is 0.498. The molecule has 0 aromatic carbocycles. The quantitative estimate of drug-likeness (QED) is 0.617. The normalized spacial score (nSPS) is 15.5. The van der Waals surface area contributed by atoms with Crippen molar-refractivity contribution in [2.75, 3.05) is 0 Å². The average Bonchev–Trinajstić information content (AvgIpc) is 2.20. The van der Waals surface area contributed by atoms with Crippen molar-refractivity contribution in [2.45, 2.75) is 60.8 Å². The van der Waals surface area contributed by atoms with Crippen LogP contribution in [0.4, 0.5) is 0 Å². The van der Waals surface area contributed by atoms with E-state index in [0.29, 0.717) is 5.92 Å². The Balaban J connectivity index is 0. The van der Waals surface area contributed by atoms with Crippen LogP contribution >= 0.6 is 0 Å². The van der Waals surface area contributed by atoms with Gasteiger partial charge in [-0.1, -0.05) is 60.0 Å². The lowest BCUT2D eigenvalue weighted by Crippen LogP contribution is -2.04. The number of hydrogen-bond donors (Lipinski definition) is 1. The molecule has 0 spiro atoms. The number of hydrogen-bond acceptors (Lipinski definition) is 1. The first-order valence-electron chi connectivity index (χ1n) is 6.28. The maximum Gasteiger partial charge on any atom is 0.0209 e. The molecule has 1 rings (SSSR count). The van der Waals surface area contributed by atoms with Gasteiger partial charge in [-0.25, -0.2) is 0 Å². The Labute approximate surface area is 96.5 Å². The van der Waals surface area contributed by atoms with Gasteiger partial charge < -0.3 is 5.41 Å². The highest BCUT2D eigenvalue weighted by atomic mass is 14.3. The zero-order valence-corrected chi connectivity index (χ0v) is 11.4. The minimum Gasteiger partial charge on any atom is -0.308 e. The van der Waals surface area contributed by atoms with E-state index >= 15 is 0 Å². The topological polar surface area (TPSA) is 23.9 Å². The highest BCUT2D eigenvalue weighted by molar-refractivity contribution is 5.75. The van der Waals surface area contributed by atoms with Crippen LogP contribution in [0.15, 0.2) is 11.6 Å². The molecule has 0 amide bonds. The molecule has 1 saturated carbocycles. The molecule has 0 bridgehead atoms. The van der Waals surface area contributed by atoms with Crippen LogP contribution in [0, 0.1) is 17.2 Å². The third-order valence-electron chi connectivity index (χ3n) is 2.56. The summed E-state index contributed by atoms with van der Waals surface area (Å²) >= 11 is 0. The first kappa shape index (κ1) is 16.8. The Kier molecular flexibility index (Phi) is 12.9. The Morgan fingerprint density at radius 1 is 1.27 bits per heavy atom. The fourth-order valence-corrected chi connectivity index (χ4v) is 1.20. The SMILES string of the molecule is C/C=C(\C=N)C(C)C.CC.CC1CCC1. The fraction of sp³-hybridized carbons (Fsp3) is 0.786. The highest BCUT2D eigenvalue weighted by Gasteiger charge is 2.09. The Morgan fingerprint density at radius 3 is 1.67 bits per heavy atom. The number of nitrogens with one attached hydrogen (secondary N) is 1. The van der Waals surface area contributed by atoms with Gasteiger partial charge in [0.25, 0.3) is 0 Å². The smallest absolute Gasteiger partial charge is 0.0209 e. The molecule has 0 atom stereocenters. The average molecular weight is 211 g/mol. The van der Waals surface area contributed by atoms with Crippen molar-refractivity contribution in [3.8, 4) is 0 Å². The molecule has 1 nitrogen and oxygen atoms in total. The first-order valence-corrected chi connectivity index (χ1v) is 6.28. The maximum absolute atomic E-state index is 6.90. The van der Waals surface area contributed by atoms with E-state index in [4.69, 9.17) is 5.41 Å². The summed E-state index contributed by atoms with van der Waals surface area (Å²) in [7, 11) is 0. The van der Waals surface area contributed by atoms with Crippen molar-refractivity contribution in [2.24, 2.45) is 11.8 Å². The lowest BCUT2D eigenvalue weighted by Gasteiger charge is -2.18. The third-order valence-corrected chi connectivity index (χ3v) is 2.56. The van der Waals surface area contributed by atoms with Crippen LogP contribution in [0.3, 0.4) is 0 Å². The molecule has 1 fully saturated rings. The van der Waals surface area contributed by atoms with Gasteiger partial charge in [0.05, 0.1) is 0 Å². The van der Waals surface area contributed by atoms with E-state index in [1.165, 1.54) is 25.5 Å². The largest absolute Gasteiger partial charge is 0.308 e. The minimum atomic E-state index is 0.498. The highest BCUT2D eigenvalue weighted by Crippen LogP contribution is 2.24. The van der Waals surface area contributed by atoms with Crippen molar-refractivity contribution in [1.29, 1.82) is 5.41 Å². The predicted octanol–water partition coefficient (Wildman–Crippen LogP) is 5.07. The lowest BCUT2D eigenvalue weighted by atomic mass is 9.88. The van der Waals surface area contributed by atoms with Gasteiger partial charge in [-0.3, -0.25) is 0 Å². The van der Waals surface area contributed by atoms with Crippen LogP contribution in [0.5, 0.6) is 0 Å². The first-order chi connectivity index (χ1) is 7.11. The molecule has 0 aliphatic heterocycles. The van der Waals surface area contributed by atoms with Gasteiger partial charge >= 0.3 is 0 Å². The van der Waals surface area contributed by atoms with Gasteiger partial charge in [-0.2, -0.15) is 0 Å². The van der Waals surface area contributed by atoms with E-state index in [9.17, 15) is 0 Å². The van der Waals surface area contributed by atoms with Crippen molar-refractivity contribution in [3.63, 3.8) is 0 Å². The number of rotatable bonds is 2. The molecule has 15 heavy (non-hydrogen) atoms. The van der Waals surface area contributed by atoms with Gasteiger partial charge in [-0.05, 0) is 24.3 Å². The predicted molar refractivity (Wildman–Crippen MR) is 71.7 cm³/mol. The van der Waals surface area contributed by atoms with Crippen molar-refractivity contribution >= 4 is 6.21 Å². The molecule has 1 aliphatic carbocycles. The molecular formula is C14H29N. The summed E-state index contributed by atoms with van der Waals surface area (Å²) in [5.74, 6) is 1.56. The Morgan fingerprint density at radius 2 is 1.67 bits per heavy atom. The third kappa shape index (κ3) is 9.71. The Hall–Kier alpha value is -0.590. The van der Waals surface area contributed by atoms with E-state index < -0.39 is 0 Å². The molecule has 0 aromatic rings. The van der Waals surface area contributed by atoms with Crippen LogP contribution < -0.4 is 0 Å². The molecule has 1 N–H and O–H groups in total. The van der Waals surface area contributed by atoms with Gasteiger partial charge in [0.2, 0.25) is 0 Å². The zero-order valence-electron chi connectivity index (χ0n) is 11.4.